The van der Waals surface area contributed by atoms with E-state index in [1.54, 1.807) is 0 Å². The van der Waals surface area contributed by atoms with E-state index in [2.05, 4.69) is 23.2 Å². The maximum atomic E-state index is 11.8. The van der Waals surface area contributed by atoms with Crippen molar-refractivity contribution in [1.29, 1.82) is 0 Å². The molecule has 3 N–H and O–H groups in total. The third-order valence-corrected chi connectivity index (χ3v) is 4.24. The van der Waals surface area contributed by atoms with Crippen LogP contribution in [0.4, 0.5) is 5.69 Å². The van der Waals surface area contributed by atoms with Gasteiger partial charge >= 0.3 is 0 Å². The summed E-state index contributed by atoms with van der Waals surface area (Å²) in [6, 6.07) is 3.98. The van der Waals surface area contributed by atoms with Crippen molar-refractivity contribution in [3.63, 3.8) is 0 Å². The first kappa shape index (κ1) is 16.8. The standard InChI is InChI=1S/C17H27N3O2/c1-4-20(16-7-6-8-19-16)15-10-13(11-22-5-2)9-14(12(15)3)17(18)21/h9-10,16,19H,4-8,11H2,1-3H3,(H2,18,21). The van der Waals surface area contributed by atoms with Crippen LogP contribution in [0.1, 0.15) is 48.2 Å². The first-order valence-electron chi connectivity index (χ1n) is 8.09. The molecule has 1 unspecified atom stereocenters. The summed E-state index contributed by atoms with van der Waals surface area (Å²) < 4.78 is 5.50. The molecule has 0 aliphatic carbocycles. The largest absolute Gasteiger partial charge is 0.377 e. The lowest BCUT2D eigenvalue weighted by Crippen LogP contribution is -2.42. The first-order chi connectivity index (χ1) is 10.6. The second kappa shape index (κ2) is 7.61. The molecule has 1 saturated heterocycles. The highest BCUT2D eigenvalue weighted by atomic mass is 16.5. The second-order valence-electron chi connectivity index (χ2n) is 5.69. The summed E-state index contributed by atoms with van der Waals surface area (Å²) in [5, 5.41) is 3.52. The van der Waals surface area contributed by atoms with Gasteiger partial charge in [0, 0.05) is 24.4 Å². The zero-order valence-electron chi connectivity index (χ0n) is 13.8. The predicted molar refractivity (Wildman–Crippen MR) is 89.1 cm³/mol. The Kier molecular flexibility index (Phi) is 5.80. The summed E-state index contributed by atoms with van der Waals surface area (Å²) in [6.45, 7) is 9.15. The number of hydrogen-bond acceptors (Lipinski definition) is 4. The number of nitrogens with one attached hydrogen (secondary N) is 1. The highest BCUT2D eigenvalue weighted by Gasteiger charge is 2.24. The molecule has 0 saturated carbocycles. The molecular weight excluding hydrogens is 278 g/mol. The lowest BCUT2D eigenvalue weighted by Gasteiger charge is -2.32. The number of amides is 1. The average molecular weight is 305 g/mol. The fourth-order valence-electron chi connectivity index (χ4n) is 3.11. The van der Waals surface area contributed by atoms with Crippen molar-refractivity contribution < 1.29 is 9.53 Å². The van der Waals surface area contributed by atoms with Crippen LogP contribution in [0, 0.1) is 6.92 Å². The van der Waals surface area contributed by atoms with Gasteiger partial charge < -0.3 is 15.4 Å². The molecule has 1 amide bonds. The molecule has 122 valence electrons. The summed E-state index contributed by atoms with van der Waals surface area (Å²) in [7, 11) is 0. The second-order valence-corrected chi connectivity index (χ2v) is 5.69. The van der Waals surface area contributed by atoms with Crippen LogP contribution in [-0.2, 0) is 11.3 Å². The first-order valence-corrected chi connectivity index (χ1v) is 8.09. The van der Waals surface area contributed by atoms with E-state index in [1.807, 2.05) is 19.9 Å². The molecule has 1 aliphatic heterocycles. The maximum absolute atomic E-state index is 11.8. The number of primary amides is 1. The molecule has 1 heterocycles. The minimum atomic E-state index is -0.382. The van der Waals surface area contributed by atoms with Gasteiger partial charge in [-0.1, -0.05) is 0 Å². The van der Waals surface area contributed by atoms with E-state index < -0.39 is 0 Å². The van der Waals surface area contributed by atoms with Crippen molar-refractivity contribution in [3.8, 4) is 0 Å². The summed E-state index contributed by atoms with van der Waals surface area (Å²) in [4.78, 5) is 14.1. The topological polar surface area (TPSA) is 67.6 Å². The van der Waals surface area contributed by atoms with Gasteiger partial charge in [0.15, 0.2) is 0 Å². The molecule has 0 radical (unpaired) electrons. The summed E-state index contributed by atoms with van der Waals surface area (Å²) >= 11 is 0. The van der Waals surface area contributed by atoms with Gasteiger partial charge in [0.1, 0.15) is 0 Å². The van der Waals surface area contributed by atoms with Crippen LogP contribution in [0.25, 0.3) is 0 Å². The van der Waals surface area contributed by atoms with E-state index in [-0.39, 0.29) is 5.91 Å². The lowest BCUT2D eigenvalue weighted by molar-refractivity contribution is 0.0999. The number of carbonyl (C=O) groups is 1. The molecule has 1 aromatic rings. The Labute approximate surface area is 132 Å². The number of nitrogens with zero attached hydrogens (tertiary/aromatic N) is 1. The van der Waals surface area contributed by atoms with Crippen LogP contribution < -0.4 is 16.0 Å². The smallest absolute Gasteiger partial charge is 0.249 e. The van der Waals surface area contributed by atoms with Gasteiger partial charge in [-0.2, -0.15) is 0 Å². The van der Waals surface area contributed by atoms with Crippen LogP contribution in [0.15, 0.2) is 12.1 Å². The molecule has 2 rings (SSSR count). The molecule has 1 aromatic carbocycles. The van der Waals surface area contributed by atoms with E-state index in [4.69, 9.17) is 10.5 Å². The van der Waals surface area contributed by atoms with E-state index in [1.165, 1.54) is 6.42 Å². The molecule has 1 fully saturated rings. The van der Waals surface area contributed by atoms with E-state index in [0.717, 1.165) is 36.3 Å². The Morgan fingerprint density at radius 3 is 2.77 bits per heavy atom. The molecular formula is C17H27N3O2. The molecule has 0 bridgehead atoms. The van der Waals surface area contributed by atoms with Gasteiger partial charge in [0.05, 0.1) is 12.8 Å². The third-order valence-electron chi connectivity index (χ3n) is 4.24. The SMILES string of the molecule is CCOCc1cc(C(N)=O)c(C)c(N(CC)C2CCCN2)c1. The number of nitrogens with two attached hydrogens (primary N) is 1. The number of ether oxygens (including phenoxy) is 1. The van der Waals surface area contributed by atoms with Gasteiger partial charge in [-0.15, -0.1) is 0 Å². The van der Waals surface area contributed by atoms with Gasteiger partial charge in [0.25, 0.3) is 0 Å². The Bertz CT molecular complexity index is 525. The van der Waals surface area contributed by atoms with Gasteiger partial charge in [-0.3, -0.25) is 10.1 Å². The molecule has 0 spiro atoms. The minimum Gasteiger partial charge on any atom is -0.377 e. The fraction of sp³-hybridized carbons (Fsp3) is 0.588. The third kappa shape index (κ3) is 3.59. The van der Waals surface area contributed by atoms with Gasteiger partial charge in [0.2, 0.25) is 5.91 Å². The summed E-state index contributed by atoms with van der Waals surface area (Å²) in [6.07, 6.45) is 2.63. The lowest BCUT2D eigenvalue weighted by atomic mass is 10.0. The van der Waals surface area contributed by atoms with Crippen molar-refractivity contribution in [3.05, 3.63) is 28.8 Å². The molecule has 1 aliphatic rings. The van der Waals surface area contributed by atoms with Crippen LogP contribution in [0.2, 0.25) is 0 Å². The summed E-state index contributed by atoms with van der Waals surface area (Å²) in [5.74, 6) is -0.382. The molecule has 5 heteroatoms. The minimum absolute atomic E-state index is 0.326. The Morgan fingerprint density at radius 2 is 2.23 bits per heavy atom. The zero-order chi connectivity index (χ0) is 16.1. The Morgan fingerprint density at radius 1 is 1.45 bits per heavy atom. The molecule has 22 heavy (non-hydrogen) atoms. The number of hydrogen-bond donors (Lipinski definition) is 2. The molecule has 1 atom stereocenters. The van der Waals surface area contributed by atoms with Crippen molar-refractivity contribution in [2.75, 3.05) is 24.6 Å². The monoisotopic (exact) mass is 305 g/mol. The van der Waals surface area contributed by atoms with Crippen LogP contribution >= 0.6 is 0 Å². The Hall–Kier alpha value is -1.59. The highest BCUT2D eigenvalue weighted by Crippen LogP contribution is 2.29. The van der Waals surface area contributed by atoms with Gasteiger partial charge in [-0.25, -0.2) is 0 Å². The maximum Gasteiger partial charge on any atom is 0.249 e. The highest BCUT2D eigenvalue weighted by molar-refractivity contribution is 5.96. The normalized spacial score (nSPS) is 17.7. The van der Waals surface area contributed by atoms with Crippen molar-refractivity contribution in [2.45, 2.75) is 46.4 Å². The van der Waals surface area contributed by atoms with Crippen molar-refractivity contribution >= 4 is 11.6 Å². The van der Waals surface area contributed by atoms with Crippen LogP contribution in [0.3, 0.4) is 0 Å². The van der Waals surface area contributed by atoms with E-state index >= 15 is 0 Å². The Balaban J connectivity index is 2.42. The van der Waals surface area contributed by atoms with Crippen LogP contribution in [0.5, 0.6) is 0 Å². The molecule has 5 nitrogen and oxygen atoms in total. The zero-order valence-corrected chi connectivity index (χ0v) is 13.8. The van der Waals surface area contributed by atoms with Gasteiger partial charge in [-0.05, 0) is 63.4 Å². The van der Waals surface area contributed by atoms with Crippen LogP contribution in [-0.4, -0.2) is 31.8 Å². The number of carbonyl (C=O) groups excluding carboxylic acids is 1. The van der Waals surface area contributed by atoms with E-state index in [0.29, 0.717) is 24.9 Å². The average Bonchev–Trinajstić information content (AvgIpc) is 3.02. The fourth-order valence-corrected chi connectivity index (χ4v) is 3.11. The quantitative estimate of drug-likeness (QED) is 0.810. The van der Waals surface area contributed by atoms with Crippen molar-refractivity contribution in [2.24, 2.45) is 5.73 Å². The summed E-state index contributed by atoms with van der Waals surface area (Å²) in [5.41, 5.74) is 9.17. The number of benzene rings is 1. The van der Waals surface area contributed by atoms with Crippen molar-refractivity contribution in [1.82, 2.24) is 5.32 Å². The molecule has 0 aromatic heterocycles. The van der Waals surface area contributed by atoms with E-state index in [9.17, 15) is 4.79 Å². The predicted octanol–water partition coefficient (Wildman–Crippen LogP) is 2.17. The number of anilines is 1. The number of rotatable bonds is 7.